The van der Waals surface area contributed by atoms with Crippen LogP contribution in [0.3, 0.4) is 0 Å². The van der Waals surface area contributed by atoms with Gasteiger partial charge in [-0.2, -0.15) is 11.8 Å². The van der Waals surface area contributed by atoms with Crippen LogP contribution >= 0.6 is 11.8 Å². The van der Waals surface area contributed by atoms with Crippen molar-refractivity contribution >= 4 is 17.5 Å². The molecule has 1 rings (SSSR count). The second-order valence-electron chi connectivity index (χ2n) is 4.02. The van der Waals surface area contributed by atoms with Crippen LogP contribution in [0.5, 0.6) is 0 Å². The van der Waals surface area contributed by atoms with Gasteiger partial charge in [-0.25, -0.2) is 0 Å². The standard InChI is InChI=1S/C11H18OS/c1-7(2)9-6-5-8(3)11(13-4)10(9)12/h8,11H,5-6H2,1-4H3. The van der Waals surface area contributed by atoms with Crippen LogP contribution < -0.4 is 0 Å². The lowest BCUT2D eigenvalue weighted by atomic mass is 9.84. The Morgan fingerprint density at radius 2 is 2.08 bits per heavy atom. The molecule has 1 aliphatic rings. The normalized spacial score (nSPS) is 29.2. The summed E-state index contributed by atoms with van der Waals surface area (Å²) >= 11 is 1.70. The number of carbonyl (C=O) groups is 1. The molecule has 0 radical (unpaired) electrons. The van der Waals surface area contributed by atoms with Gasteiger partial charge in [-0.15, -0.1) is 0 Å². The number of ketones is 1. The van der Waals surface area contributed by atoms with Crippen molar-refractivity contribution in [2.24, 2.45) is 5.92 Å². The summed E-state index contributed by atoms with van der Waals surface area (Å²) in [5.74, 6) is 0.928. The van der Waals surface area contributed by atoms with E-state index in [4.69, 9.17) is 0 Å². The Bertz CT molecular complexity index is 238. The minimum Gasteiger partial charge on any atom is -0.293 e. The fraction of sp³-hybridized carbons (Fsp3) is 0.727. The highest BCUT2D eigenvalue weighted by molar-refractivity contribution is 8.00. The molecule has 0 saturated heterocycles. The zero-order valence-corrected chi connectivity index (χ0v) is 9.70. The molecule has 0 spiro atoms. The highest BCUT2D eigenvalue weighted by Crippen LogP contribution is 2.33. The summed E-state index contributed by atoms with van der Waals surface area (Å²) in [4.78, 5) is 11.9. The molecule has 0 aromatic rings. The van der Waals surface area contributed by atoms with E-state index in [1.54, 1.807) is 11.8 Å². The summed E-state index contributed by atoms with van der Waals surface area (Å²) in [6.45, 7) is 6.27. The summed E-state index contributed by atoms with van der Waals surface area (Å²) < 4.78 is 0. The third-order valence-electron chi connectivity index (χ3n) is 2.78. The molecule has 0 bridgehead atoms. The van der Waals surface area contributed by atoms with Gasteiger partial charge in [0.2, 0.25) is 0 Å². The number of rotatable bonds is 1. The van der Waals surface area contributed by atoms with Gasteiger partial charge < -0.3 is 0 Å². The maximum atomic E-state index is 11.9. The van der Waals surface area contributed by atoms with Gasteiger partial charge in [-0.3, -0.25) is 4.79 Å². The first-order valence-electron chi connectivity index (χ1n) is 4.81. The molecule has 0 aliphatic heterocycles. The van der Waals surface area contributed by atoms with Crippen molar-refractivity contribution in [1.29, 1.82) is 0 Å². The third kappa shape index (κ3) is 2.16. The molecule has 0 aromatic carbocycles. The lowest BCUT2D eigenvalue weighted by molar-refractivity contribution is -0.116. The molecule has 1 aliphatic carbocycles. The predicted molar refractivity (Wildman–Crippen MR) is 59.1 cm³/mol. The molecule has 74 valence electrons. The Hall–Kier alpha value is -0.240. The van der Waals surface area contributed by atoms with Gasteiger partial charge in [-0.1, -0.05) is 12.5 Å². The van der Waals surface area contributed by atoms with E-state index in [0.717, 1.165) is 18.4 Å². The Morgan fingerprint density at radius 3 is 2.54 bits per heavy atom. The van der Waals surface area contributed by atoms with Gasteiger partial charge in [-0.05, 0) is 44.4 Å². The fourth-order valence-electron chi connectivity index (χ4n) is 1.91. The largest absolute Gasteiger partial charge is 0.293 e. The van der Waals surface area contributed by atoms with Crippen molar-refractivity contribution in [2.45, 2.75) is 38.9 Å². The Kier molecular flexibility index (Phi) is 3.60. The van der Waals surface area contributed by atoms with E-state index in [9.17, 15) is 4.79 Å². The van der Waals surface area contributed by atoms with Crippen LogP contribution in [0.15, 0.2) is 11.1 Å². The van der Waals surface area contributed by atoms with E-state index >= 15 is 0 Å². The van der Waals surface area contributed by atoms with Crippen LogP contribution in [0.1, 0.15) is 33.6 Å². The monoisotopic (exact) mass is 198 g/mol. The molecule has 0 N–H and O–H groups in total. The van der Waals surface area contributed by atoms with Crippen molar-refractivity contribution in [3.8, 4) is 0 Å². The molecule has 2 heteroatoms. The van der Waals surface area contributed by atoms with Gasteiger partial charge in [0.25, 0.3) is 0 Å². The van der Waals surface area contributed by atoms with Gasteiger partial charge in [0.05, 0.1) is 5.25 Å². The maximum Gasteiger partial charge on any atom is 0.171 e. The zero-order chi connectivity index (χ0) is 10.0. The molecule has 1 saturated carbocycles. The van der Waals surface area contributed by atoms with Crippen LogP contribution in [0.25, 0.3) is 0 Å². The second-order valence-corrected chi connectivity index (χ2v) is 4.99. The number of thioether (sulfide) groups is 1. The van der Waals surface area contributed by atoms with Crippen LogP contribution in [-0.4, -0.2) is 17.3 Å². The molecular formula is C11H18OS. The molecule has 0 aromatic heterocycles. The zero-order valence-electron chi connectivity index (χ0n) is 8.89. The molecule has 2 unspecified atom stereocenters. The molecule has 2 atom stereocenters. The van der Waals surface area contributed by atoms with Gasteiger partial charge in [0, 0.05) is 0 Å². The first-order chi connectivity index (χ1) is 6.07. The quantitative estimate of drug-likeness (QED) is 0.602. The molecule has 0 heterocycles. The first-order valence-corrected chi connectivity index (χ1v) is 6.10. The lowest BCUT2D eigenvalue weighted by Crippen LogP contribution is -2.31. The molecule has 0 amide bonds. The van der Waals surface area contributed by atoms with E-state index < -0.39 is 0 Å². The number of allylic oxidation sites excluding steroid dienone is 2. The van der Waals surface area contributed by atoms with Crippen molar-refractivity contribution in [2.75, 3.05) is 6.26 Å². The van der Waals surface area contributed by atoms with E-state index in [2.05, 4.69) is 6.92 Å². The SMILES string of the molecule is CSC1C(=O)C(=C(C)C)CCC1C. The molecule has 1 fully saturated rings. The summed E-state index contributed by atoms with van der Waals surface area (Å²) in [5, 5.41) is 0.207. The summed E-state index contributed by atoms with van der Waals surface area (Å²) in [6, 6.07) is 0. The van der Waals surface area contributed by atoms with Crippen LogP contribution in [0, 0.1) is 5.92 Å². The smallest absolute Gasteiger partial charge is 0.171 e. The second kappa shape index (κ2) is 4.32. The molecular weight excluding hydrogens is 180 g/mol. The molecule has 1 nitrogen and oxygen atoms in total. The first kappa shape index (κ1) is 10.8. The summed E-state index contributed by atoms with van der Waals surface area (Å²) in [6.07, 6.45) is 4.18. The van der Waals surface area contributed by atoms with Crippen LogP contribution in [0.4, 0.5) is 0 Å². The van der Waals surface area contributed by atoms with Crippen molar-refractivity contribution < 1.29 is 4.79 Å². The van der Waals surface area contributed by atoms with Gasteiger partial charge in [0.1, 0.15) is 0 Å². The van der Waals surface area contributed by atoms with E-state index in [0.29, 0.717) is 11.7 Å². The summed E-state index contributed by atoms with van der Waals surface area (Å²) in [5.41, 5.74) is 2.29. The lowest BCUT2D eigenvalue weighted by Gasteiger charge is -2.28. The highest BCUT2D eigenvalue weighted by Gasteiger charge is 2.31. The fourth-order valence-corrected chi connectivity index (χ4v) is 2.87. The van der Waals surface area contributed by atoms with Crippen LogP contribution in [-0.2, 0) is 4.79 Å². The topological polar surface area (TPSA) is 17.1 Å². The number of hydrogen-bond acceptors (Lipinski definition) is 2. The van der Waals surface area contributed by atoms with Gasteiger partial charge >= 0.3 is 0 Å². The van der Waals surface area contributed by atoms with Crippen molar-refractivity contribution in [3.63, 3.8) is 0 Å². The van der Waals surface area contributed by atoms with Crippen molar-refractivity contribution in [3.05, 3.63) is 11.1 Å². The van der Waals surface area contributed by atoms with E-state index in [1.165, 1.54) is 5.57 Å². The predicted octanol–water partition coefficient (Wildman–Crippen LogP) is 3.05. The minimum atomic E-state index is 0.207. The number of hydrogen-bond donors (Lipinski definition) is 0. The summed E-state index contributed by atoms with van der Waals surface area (Å²) in [7, 11) is 0. The Balaban J connectivity index is 2.88. The number of Topliss-reactive ketones (excluding diaryl/α,β-unsaturated/α-hetero) is 1. The maximum absolute atomic E-state index is 11.9. The minimum absolute atomic E-state index is 0.207. The van der Waals surface area contributed by atoms with Crippen LogP contribution in [0.2, 0.25) is 0 Å². The third-order valence-corrected chi connectivity index (χ3v) is 3.97. The van der Waals surface area contributed by atoms with E-state index in [1.807, 2.05) is 20.1 Å². The van der Waals surface area contributed by atoms with Gasteiger partial charge in [0.15, 0.2) is 5.78 Å². The average molecular weight is 198 g/mol. The molecule has 13 heavy (non-hydrogen) atoms. The van der Waals surface area contributed by atoms with Crippen molar-refractivity contribution in [1.82, 2.24) is 0 Å². The average Bonchev–Trinajstić information content (AvgIpc) is 2.04. The highest BCUT2D eigenvalue weighted by atomic mass is 32.2. The Morgan fingerprint density at radius 1 is 1.46 bits per heavy atom. The Labute approximate surface area is 85.0 Å². The van der Waals surface area contributed by atoms with E-state index in [-0.39, 0.29) is 5.25 Å². The number of carbonyl (C=O) groups excluding carboxylic acids is 1.